The summed E-state index contributed by atoms with van der Waals surface area (Å²) in [6.45, 7) is 3.95. The highest BCUT2D eigenvalue weighted by molar-refractivity contribution is 14.1. The van der Waals surface area contributed by atoms with E-state index in [1.807, 2.05) is 0 Å². The molecular formula is C20H19FIN3O4. The Kier molecular flexibility index (Phi) is 8.59. The molecular weight excluding hydrogens is 492 g/mol. The van der Waals surface area contributed by atoms with E-state index in [1.54, 1.807) is 18.2 Å². The number of carbonyl (C=O) groups excluding carboxylic acids is 2. The van der Waals surface area contributed by atoms with Gasteiger partial charge in [-0.3, -0.25) is 9.59 Å². The number of benzene rings is 2. The van der Waals surface area contributed by atoms with Crippen LogP contribution >= 0.6 is 22.6 Å². The van der Waals surface area contributed by atoms with Crippen LogP contribution in [0.25, 0.3) is 0 Å². The quantitative estimate of drug-likeness (QED) is 0.178. The molecule has 0 aliphatic heterocycles. The number of hydrogen-bond donors (Lipinski definition) is 2. The van der Waals surface area contributed by atoms with Crippen molar-refractivity contribution in [1.82, 2.24) is 5.43 Å². The number of anilines is 1. The Hall–Kier alpha value is -2.95. The lowest BCUT2D eigenvalue weighted by Crippen LogP contribution is -2.24. The zero-order valence-corrected chi connectivity index (χ0v) is 17.7. The Balaban J connectivity index is 1.92. The Morgan fingerprint density at radius 1 is 1.24 bits per heavy atom. The number of nitrogens with zero attached hydrogens (tertiary/aromatic N) is 1. The van der Waals surface area contributed by atoms with E-state index in [1.165, 1.54) is 37.6 Å². The molecule has 0 atom stereocenters. The fourth-order valence-electron chi connectivity index (χ4n) is 2.20. The maximum atomic E-state index is 12.9. The van der Waals surface area contributed by atoms with Gasteiger partial charge in [0.25, 0.3) is 0 Å². The second-order valence-electron chi connectivity index (χ2n) is 5.66. The monoisotopic (exact) mass is 511 g/mol. The van der Waals surface area contributed by atoms with Crippen molar-refractivity contribution in [2.45, 2.75) is 6.42 Å². The summed E-state index contributed by atoms with van der Waals surface area (Å²) in [6.07, 6.45) is 2.63. The third-order valence-corrected chi connectivity index (χ3v) is 4.25. The van der Waals surface area contributed by atoms with Gasteiger partial charge in [0.15, 0.2) is 11.5 Å². The van der Waals surface area contributed by atoms with Crippen molar-refractivity contribution in [3.05, 3.63) is 64.0 Å². The molecule has 29 heavy (non-hydrogen) atoms. The Labute approximate surface area is 181 Å². The van der Waals surface area contributed by atoms with Crippen LogP contribution in [0.2, 0.25) is 0 Å². The predicted octanol–water partition coefficient (Wildman–Crippen LogP) is 3.48. The highest BCUT2D eigenvalue weighted by Gasteiger charge is 2.11. The summed E-state index contributed by atoms with van der Waals surface area (Å²) < 4.78 is 24.5. The van der Waals surface area contributed by atoms with Crippen LogP contribution in [0.1, 0.15) is 12.0 Å². The summed E-state index contributed by atoms with van der Waals surface area (Å²) in [7, 11) is 1.52. The molecule has 2 N–H and O–H groups in total. The van der Waals surface area contributed by atoms with Crippen LogP contribution in [0, 0.1) is 9.39 Å². The minimum Gasteiger partial charge on any atom is -0.493 e. The average molecular weight is 511 g/mol. The van der Waals surface area contributed by atoms with Crippen LogP contribution in [-0.2, 0) is 9.59 Å². The van der Waals surface area contributed by atoms with E-state index < -0.39 is 24.1 Å². The number of rotatable bonds is 9. The van der Waals surface area contributed by atoms with Gasteiger partial charge in [-0.1, -0.05) is 12.7 Å². The zero-order valence-electron chi connectivity index (χ0n) is 15.6. The van der Waals surface area contributed by atoms with Gasteiger partial charge >= 0.3 is 0 Å². The van der Waals surface area contributed by atoms with E-state index in [2.05, 4.69) is 45.0 Å². The number of nitrogens with one attached hydrogen (secondary N) is 2. The van der Waals surface area contributed by atoms with Crippen LogP contribution in [0.15, 0.2) is 54.2 Å². The first-order chi connectivity index (χ1) is 13.9. The van der Waals surface area contributed by atoms with Gasteiger partial charge in [-0.05, 0) is 64.6 Å². The third-order valence-electron chi connectivity index (χ3n) is 3.45. The van der Waals surface area contributed by atoms with Crippen molar-refractivity contribution >= 4 is 46.3 Å². The van der Waals surface area contributed by atoms with Crippen molar-refractivity contribution in [3.63, 3.8) is 0 Å². The third kappa shape index (κ3) is 7.18. The second kappa shape index (κ2) is 11.1. The summed E-state index contributed by atoms with van der Waals surface area (Å²) in [5.74, 6) is -0.434. The SMILES string of the molecule is C=CCOc1c(I)cc(C=NNC(=O)CC(=O)Nc2ccc(F)cc2)cc1OC. The van der Waals surface area contributed by atoms with Crippen molar-refractivity contribution in [1.29, 1.82) is 0 Å². The smallest absolute Gasteiger partial charge is 0.249 e. The average Bonchev–Trinajstić information content (AvgIpc) is 2.68. The molecule has 152 valence electrons. The summed E-state index contributed by atoms with van der Waals surface area (Å²) in [4.78, 5) is 23.7. The highest BCUT2D eigenvalue weighted by atomic mass is 127. The first-order valence-corrected chi connectivity index (χ1v) is 9.49. The topological polar surface area (TPSA) is 89.0 Å². The summed E-state index contributed by atoms with van der Waals surface area (Å²) in [5.41, 5.74) is 3.36. The largest absolute Gasteiger partial charge is 0.493 e. The number of hydrazone groups is 1. The molecule has 0 unspecified atom stereocenters. The first-order valence-electron chi connectivity index (χ1n) is 8.41. The normalized spacial score (nSPS) is 10.4. The molecule has 0 radical (unpaired) electrons. The number of carbonyl (C=O) groups is 2. The number of hydrogen-bond acceptors (Lipinski definition) is 5. The lowest BCUT2D eigenvalue weighted by Gasteiger charge is -2.12. The van der Waals surface area contributed by atoms with Gasteiger partial charge in [-0.25, -0.2) is 9.82 Å². The molecule has 0 aliphatic rings. The molecule has 2 amide bonds. The Morgan fingerprint density at radius 2 is 1.97 bits per heavy atom. The number of halogens is 2. The maximum Gasteiger partial charge on any atom is 0.249 e. The molecule has 0 aliphatic carbocycles. The fraction of sp³-hybridized carbons (Fsp3) is 0.150. The lowest BCUT2D eigenvalue weighted by atomic mass is 10.2. The van der Waals surface area contributed by atoms with Gasteiger partial charge < -0.3 is 14.8 Å². The van der Waals surface area contributed by atoms with Gasteiger partial charge in [0, 0.05) is 5.69 Å². The minimum absolute atomic E-state index is 0.343. The van der Waals surface area contributed by atoms with Crippen LogP contribution < -0.4 is 20.2 Å². The maximum absolute atomic E-state index is 12.9. The van der Waals surface area contributed by atoms with Crippen LogP contribution in [0.3, 0.4) is 0 Å². The van der Waals surface area contributed by atoms with E-state index in [9.17, 15) is 14.0 Å². The number of methoxy groups -OCH3 is 1. The van der Waals surface area contributed by atoms with Crippen LogP contribution in [0.5, 0.6) is 11.5 Å². The molecule has 0 fully saturated rings. The summed E-state index contributed by atoms with van der Waals surface area (Å²) in [5, 5.41) is 6.35. The number of amides is 2. The Bertz CT molecular complexity index is 917. The molecule has 0 bridgehead atoms. The summed E-state index contributed by atoms with van der Waals surface area (Å²) in [6, 6.07) is 8.74. The van der Waals surface area contributed by atoms with Crippen LogP contribution in [0.4, 0.5) is 10.1 Å². The van der Waals surface area contributed by atoms with E-state index >= 15 is 0 Å². The van der Waals surface area contributed by atoms with Gasteiger partial charge in [0.1, 0.15) is 18.8 Å². The molecule has 2 rings (SSSR count). The first kappa shape index (κ1) is 22.3. The molecule has 0 saturated heterocycles. The van der Waals surface area contributed by atoms with Gasteiger partial charge in [-0.2, -0.15) is 5.10 Å². The highest BCUT2D eigenvalue weighted by Crippen LogP contribution is 2.33. The van der Waals surface area contributed by atoms with E-state index in [4.69, 9.17) is 9.47 Å². The van der Waals surface area contributed by atoms with Crippen molar-refractivity contribution in [2.75, 3.05) is 19.0 Å². The lowest BCUT2D eigenvalue weighted by molar-refractivity contribution is -0.126. The van der Waals surface area contributed by atoms with Crippen molar-refractivity contribution in [2.24, 2.45) is 5.10 Å². The van der Waals surface area contributed by atoms with Gasteiger partial charge in [0.2, 0.25) is 11.8 Å². The van der Waals surface area contributed by atoms with Crippen molar-refractivity contribution < 1.29 is 23.5 Å². The number of ether oxygens (including phenoxy) is 2. The van der Waals surface area contributed by atoms with E-state index in [0.29, 0.717) is 29.4 Å². The Morgan fingerprint density at radius 3 is 2.62 bits per heavy atom. The van der Waals surface area contributed by atoms with Crippen LogP contribution in [-0.4, -0.2) is 31.7 Å². The minimum atomic E-state index is -0.589. The predicted molar refractivity (Wildman–Crippen MR) is 117 cm³/mol. The molecule has 7 nitrogen and oxygen atoms in total. The van der Waals surface area contributed by atoms with Crippen molar-refractivity contribution in [3.8, 4) is 11.5 Å². The molecule has 2 aromatic rings. The summed E-state index contributed by atoms with van der Waals surface area (Å²) >= 11 is 2.10. The van der Waals surface area contributed by atoms with E-state index in [0.717, 1.165) is 3.57 Å². The molecule has 2 aromatic carbocycles. The van der Waals surface area contributed by atoms with Gasteiger partial charge in [0.05, 0.1) is 16.9 Å². The standard InChI is InChI=1S/C20H19FIN3O4/c1-3-8-29-20-16(22)9-13(10-17(20)28-2)12-23-25-19(27)11-18(26)24-15-6-4-14(21)5-7-15/h3-7,9-10,12H,1,8,11H2,2H3,(H,24,26)(H,25,27). The molecule has 9 heteroatoms. The molecule has 0 spiro atoms. The van der Waals surface area contributed by atoms with Gasteiger partial charge in [-0.15, -0.1) is 0 Å². The van der Waals surface area contributed by atoms with E-state index in [-0.39, 0.29) is 0 Å². The zero-order chi connectivity index (χ0) is 21.2. The second-order valence-corrected chi connectivity index (χ2v) is 6.82. The molecule has 0 aromatic heterocycles. The molecule has 0 saturated carbocycles. The molecule has 0 heterocycles. The fourth-order valence-corrected chi connectivity index (χ4v) is 2.98.